The number of alkyl carbamates (subject to hydrolysis) is 1. The average Bonchev–Trinajstić information content (AvgIpc) is 2.87. The minimum Gasteiger partial charge on any atom is -0.444 e. The standard InChI is InChI=1S/C30H39ClN4O4/c1-8-19(3)25(34-29(38)39-30(5,6)7)28(37)35(18-17-32)26(22-15-13-21(9-2)14-16-22)27(36)33-24-20(4)11-10-12-23(24)31/h10-16,19,25-26H,8-9,18H2,1-7H3,(H,33,36)(H,34,38). The summed E-state index contributed by atoms with van der Waals surface area (Å²) in [6.07, 6.45) is 0.609. The molecule has 3 atom stereocenters. The lowest BCUT2D eigenvalue weighted by Crippen LogP contribution is -2.54. The molecular weight excluding hydrogens is 516 g/mol. The highest BCUT2D eigenvalue weighted by Crippen LogP contribution is 2.30. The molecule has 0 aliphatic heterocycles. The van der Waals surface area contributed by atoms with E-state index >= 15 is 0 Å². The number of aryl methyl sites for hydroxylation is 2. The fourth-order valence-corrected chi connectivity index (χ4v) is 4.33. The lowest BCUT2D eigenvalue weighted by molar-refractivity contribution is -0.141. The van der Waals surface area contributed by atoms with E-state index in [-0.39, 0.29) is 12.5 Å². The van der Waals surface area contributed by atoms with E-state index in [1.54, 1.807) is 45.0 Å². The number of carbonyl (C=O) groups is 3. The Balaban J connectivity index is 2.58. The summed E-state index contributed by atoms with van der Waals surface area (Å²) >= 11 is 6.38. The Labute approximate surface area is 236 Å². The van der Waals surface area contributed by atoms with E-state index in [0.29, 0.717) is 22.7 Å². The largest absolute Gasteiger partial charge is 0.444 e. The van der Waals surface area contributed by atoms with Crippen LogP contribution in [0.3, 0.4) is 0 Å². The van der Waals surface area contributed by atoms with Gasteiger partial charge in [-0.15, -0.1) is 0 Å². The number of nitrogens with zero attached hydrogens (tertiary/aromatic N) is 2. The first-order valence-electron chi connectivity index (χ1n) is 13.1. The van der Waals surface area contributed by atoms with E-state index in [1.165, 1.54) is 4.90 Å². The van der Waals surface area contributed by atoms with Crippen LogP contribution in [0.2, 0.25) is 5.02 Å². The van der Waals surface area contributed by atoms with Crippen LogP contribution in [0.25, 0.3) is 0 Å². The van der Waals surface area contributed by atoms with Crippen molar-refractivity contribution in [2.24, 2.45) is 5.92 Å². The fourth-order valence-electron chi connectivity index (χ4n) is 4.06. The van der Waals surface area contributed by atoms with Gasteiger partial charge in [0, 0.05) is 0 Å². The van der Waals surface area contributed by atoms with E-state index in [2.05, 4.69) is 10.6 Å². The average molecular weight is 555 g/mol. The van der Waals surface area contributed by atoms with Crippen molar-refractivity contribution in [2.75, 3.05) is 11.9 Å². The number of halogens is 1. The third kappa shape index (κ3) is 8.72. The molecule has 210 valence electrons. The molecule has 0 aliphatic carbocycles. The van der Waals surface area contributed by atoms with Crippen molar-refractivity contribution in [3.8, 4) is 6.07 Å². The summed E-state index contributed by atoms with van der Waals surface area (Å²) in [6, 6.07) is 12.4. The van der Waals surface area contributed by atoms with Gasteiger partial charge < -0.3 is 20.3 Å². The van der Waals surface area contributed by atoms with E-state index in [0.717, 1.165) is 17.5 Å². The van der Waals surface area contributed by atoms with Gasteiger partial charge in [-0.25, -0.2) is 4.79 Å². The predicted molar refractivity (Wildman–Crippen MR) is 153 cm³/mol. The highest BCUT2D eigenvalue weighted by Gasteiger charge is 2.38. The minimum absolute atomic E-state index is 0.303. The SMILES string of the molecule is CCc1ccc(C(C(=O)Nc2c(C)cccc2Cl)N(CC#N)C(=O)C(NC(=O)OC(C)(C)C)C(C)CC)cc1. The fraction of sp³-hybridized carbons (Fsp3) is 0.467. The summed E-state index contributed by atoms with van der Waals surface area (Å²) < 4.78 is 5.40. The normalized spacial score (nSPS) is 13.4. The van der Waals surface area contributed by atoms with Gasteiger partial charge in [0.25, 0.3) is 5.91 Å². The van der Waals surface area contributed by atoms with Crippen LogP contribution in [0.15, 0.2) is 42.5 Å². The Kier molecular flexibility index (Phi) is 11.4. The highest BCUT2D eigenvalue weighted by molar-refractivity contribution is 6.34. The second-order valence-electron chi connectivity index (χ2n) is 10.6. The number of nitrogens with one attached hydrogen (secondary N) is 2. The molecule has 0 spiro atoms. The molecule has 0 aliphatic rings. The topological polar surface area (TPSA) is 112 Å². The molecule has 39 heavy (non-hydrogen) atoms. The maximum atomic E-state index is 14.1. The summed E-state index contributed by atoms with van der Waals surface area (Å²) in [5.41, 5.74) is 1.99. The zero-order chi connectivity index (χ0) is 29.3. The summed E-state index contributed by atoms with van der Waals surface area (Å²) in [5.74, 6) is -1.39. The molecule has 0 heterocycles. The lowest BCUT2D eigenvalue weighted by atomic mass is 9.95. The van der Waals surface area contributed by atoms with Crippen LogP contribution in [-0.4, -0.2) is 41.0 Å². The number of anilines is 1. The Hall–Kier alpha value is -3.57. The van der Waals surface area contributed by atoms with Crippen molar-refractivity contribution >= 4 is 35.2 Å². The number of ether oxygens (including phenoxy) is 1. The zero-order valence-corrected chi connectivity index (χ0v) is 24.6. The quantitative estimate of drug-likeness (QED) is 0.340. The summed E-state index contributed by atoms with van der Waals surface area (Å²) in [4.78, 5) is 41.8. The molecule has 0 bridgehead atoms. The molecule has 3 unspecified atom stereocenters. The molecule has 0 fully saturated rings. The van der Waals surface area contributed by atoms with Crippen LogP contribution < -0.4 is 10.6 Å². The van der Waals surface area contributed by atoms with Gasteiger partial charge in [0.2, 0.25) is 5.91 Å². The van der Waals surface area contributed by atoms with E-state index in [4.69, 9.17) is 16.3 Å². The second kappa shape index (κ2) is 14.0. The van der Waals surface area contributed by atoms with Crippen LogP contribution >= 0.6 is 11.6 Å². The van der Waals surface area contributed by atoms with Crippen molar-refractivity contribution < 1.29 is 19.1 Å². The van der Waals surface area contributed by atoms with Gasteiger partial charge in [-0.2, -0.15) is 5.26 Å². The maximum absolute atomic E-state index is 14.1. The molecule has 0 saturated heterocycles. The maximum Gasteiger partial charge on any atom is 0.408 e. The molecule has 2 rings (SSSR count). The van der Waals surface area contributed by atoms with Crippen molar-refractivity contribution in [3.05, 3.63) is 64.2 Å². The Morgan fingerprint density at radius 2 is 1.74 bits per heavy atom. The first-order chi connectivity index (χ1) is 18.3. The van der Waals surface area contributed by atoms with Crippen molar-refractivity contribution in [2.45, 2.75) is 79.0 Å². The Morgan fingerprint density at radius 1 is 1.10 bits per heavy atom. The van der Waals surface area contributed by atoms with Gasteiger partial charge in [0.1, 0.15) is 24.2 Å². The van der Waals surface area contributed by atoms with Crippen molar-refractivity contribution in [1.82, 2.24) is 10.2 Å². The summed E-state index contributed by atoms with van der Waals surface area (Å²) in [7, 11) is 0. The number of hydrogen-bond donors (Lipinski definition) is 2. The third-order valence-corrected chi connectivity index (χ3v) is 6.72. The summed E-state index contributed by atoms with van der Waals surface area (Å²) in [6.45, 7) is 12.4. The number of hydrogen-bond acceptors (Lipinski definition) is 5. The highest BCUT2D eigenvalue weighted by atomic mass is 35.5. The molecule has 0 saturated carbocycles. The van der Waals surface area contributed by atoms with Gasteiger partial charge in [-0.1, -0.05) is 75.2 Å². The van der Waals surface area contributed by atoms with Gasteiger partial charge >= 0.3 is 6.09 Å². The number of carbonyl (C=O) groups excluding carboxylic acids is 3. The first kappa shape index (κ1) is 31.6. The van der Waals surface area contributed by atoms with Gasteiger partial charge in [0.15, 0.2) is 0 Å². The van der Waals surface area contributed by atoms with Crippen LogP contribution in [0.4, 0.5) is 10.5 Å². The third-order valence-electron chi connectivity index (χ3n) is 6.41. The van der Waals surface area contributed by atoms with Crippen LogP contribution in [0.1, 0.15) is 70.7 Å². The predicted octanol–water partition coefficient (Wildman–Crippen LogP) is 6.18. The number of nitriles is 1. The molecule has 9 heteroatoms. The smallest absolute Gasteiger partial charge is 0.408 e. The zero-order valence-electron chi connectivity index (χ0n) is 23.8. The second-order valence-corrected chi connectivity index (χ2v) is 11.0. The van der Waals surface area contributed by atoms with Crippen LogP contribution in [-0.2, 0) is 20.7 Å². The minimum atomic E-state index is -1.16. The van der Waals surface area contributed by atoms with Crippen LogP contribution in [0.5, 0.6) is 0 Å². The number of rotatable bonds is 10. The lowest BCUT2D eigenvalue weighted by Gasteiger charge is -2.34. The number of benzene rings is 2. The molecule has 2 aromatic rings. The molecule has 8 nitrogen and oxygen atoms in total. The molecular formula is C30H39ClN4O4. The molecule has 2 N–H and O–H groups in total. The van der Waals surface area contributed by atoms with Crippen LogP contribution in [0, 0.1) is 24.2 Å². The van der Waals surface area contributed by atoms with Gasteiger partial charge in [-0.3, -0.25) is 9.59 Å². The Bertz CT molecular complexity index is 1180. The summed E-state index contributed by atoms with van der Waals surface area (Å²) in [5, 5.41) is 15.6. The Morgan fingerprint density at radius 3 is 2.26 bits per heavy atom. The van der Waals surface area contributed by atoms with Gasteiger partial charge in [-0.05, 0) is 62.8 Å². The van der Waals surface area contributed by atoms with E-state index in [9.17, 15) is 19.6 Å². The first-order valence-corrected chi connectivity index (χ1v) is 13.5. The van der Waals surface area contributed by atoms with Gasteiger partial charge in [0.05, 0.1) is 16.8 Å². The molecule has 0 aromatic heterocycles. The molecule has 3 amide bonds. The van der Waals surface area contributed by atoms with Crippen molar-refractivity contribution in [3.63, 3.8) is 0 Å². The van der Waals surface area contributed by atoms with E-state index in [1.807, 2.05) is 52.0 Å². The number of amides is 3. The number of para-hydroxylation sites is 1. The van der Waals surface area contributed by atoms with Crippen molar-refractivity contribution in [1.29, 1.82) is 5.26 Å². The molecule has 0 radical (unpaired) electrons. The molecule has 2 aromatic carbocycles. The monoisotopic (exact) mass is 554 g/mol. The van der Waals surface area contributed by atoms with E-state index < -0.39 is 35.6 Å².